The van der Waals surface area contributed by atoms with Gasteiger partial charge in [-0.25, -0.2) is 4.68 Å². The molecular weight excluding hydrogens is 402 g/mol. The molecule has 172 valence electrons. The van der Waals surface area contributed by atoms with Gasteiger partial charge in [0.05, 0.1) is 24.5 Å². The van der Waals surface area contributed by atoms with Crippen molar-refractivity contribution in [1.29, 1.82) is 0 Å². The van der Waals surface area contributed by atoms with Crippen LogP contribution in [0, 0.1) is 5.92 Å². The third kappa shape index (κ3) is 4.88. The lowest BCUT2D eigenvalue weighted by atomic mass is 9.78. The third-order valence-corrected chi connectivity index (χ3v) is 6.83. The summed E-state index contributed by atoms with van der Waals surface area (Å²) in [6.45, 7) is 6.04. The second-order valence-corrected chi connectivity index (χ2v) is 9.84. The minimum atomic E-state index is -0.443. The maximum atomic E-state index is 12.9. The van der Waals surface area contributed by atoms with Crippen molar-refractivity contribution in [3.05, 3.63) is 47.8 Å². The molecule has 0 bridgehead atoms. The zero-order valence-electron chi connectivity index (χ0n) is 19.3. The van der Waals surface area contributed by atoms with E-state index in [4.69, 9.17) is 10.8 Å². The van der Waals surface area contributed by atoms with E-state index < -0.39 is 5.91 Å². The average Bonchev–Trinajstić information content (AvgIpc) is 3.14. The van der Waals surface area contributed by atoms with Gasteiger partial charge in [0.15, 0.2) is 0 Å². The second kappa shape index (κ2) is 9.45. The van der Waals surface area contributed by atoms with Crippen molar-refractivity contribution in [2.24, 2.45) is 11.7 Å². The fourth-order valence-corrected chi connectivity index (χ4v) is 5.27. The summed E-state index contributed by atoms with van der Waals surface area (Å²) in [5, 5.41) is 4.93. The Morgan fingerprint density at radius 2 is 1.88 bits per heavy atom. The SMILES string of the molecule is CC(C)Cc1nn(-c2ccccc2)cc1CN1CC(=O)N(CC(N)=O)CC12CCCCC2. The molecule has 32 heavy (non-hydrogen) atoms. The number of piperazine rings is 1. The Morgan fingerprint density at radius 3 is 2.53 bits per heavy atom. The number of nitrogens with zero attached hydrogens (tertiary/aromatic N) is 4. The number of para-hydroxylation sites is 1. The van der Waals surface area contributed by atoms with E-state index in [0.717, 1.165) is 43.5 Å². The quantitative estimate of drug-likeness (QED) is 0.722. The molecule has 1 aliphatic carbocycles. The van der Waals surface area contributed by atoms with Crippen LogP contribution in [0.25, 0.3) is 5.69 Å². The highest BCUT2D eigenvalue weighted by Gasteiger charge is 2.45. The molecular formula is C25H35N5O2. The molecule has 1 saturated heterocycles. The van der Waals surface area contributed by atoms with Gasteiger partial charge in [-0.15, -0.1) is 0 Å². The number of hydrogen-bond donors (Lipinski definition) is 1. The van der Waals surface area contributed by atoms with Crippen LogP contribution < -0.4 is 5.73 Å². The number of carbonyl (C=O) groups is 2. The van der Waals surface area contributed by atoms with E-state index in [2.05, 4.69) is 37.1 Å². The maximum absolute atomic E-state index is 12.9. The van der Waals surface area contributed by atoms with Gasteiger partial charge in [-0.05, 0) is 37.3 Å². The van der Waals surface area contributed by atoms with Gasteiger partial charge >= 0.3 is 0 Å². The van der Waals surface area contributed by atoms with Crippen molar-refractivity contribution in [3.63, 3.8) is 0 Å². The van der Waals surface area contributed by atoms with Crippen LogP contribution in [-0.4, -0.2) is 56.6 Å². The molecule has 0 unspecified atom stereocenters. The van der Waals surface area contributed by atoms with E-state index in [-0.39, 0.29) is 18.0 Å². The molecule has 7 nitrogen and oxygen atoms in total. The van der Waals surface area contributed by atoms with Gasteiger partial charge in [0, 0.05) is 30.4 Å². The Morgan fingerprint density at radius 1 is 1.16 bits per heavy atom. The summed E-state index contributed by atoms with van der Waals surface area (Å²) < 4.78 is 1.96. The normalized spacial score (nSPS) is 19.1. The standard InChI is InChI=1S/C25H35N5O2/c1-19(2)13-22-20(15-30(27-22)21-9-5-3-6-10-21)14-29-17-24(32)28(16-23(26)31)18-25(29)11-7-4-8-12-25/h3,5-6,9-10,15,19H,4,7-8,11-14,16-18H2,1-2H3,(H2,26,31). The molecule has 7 heteroatoms. The van der Waals surface area contributed by atoms with Crippen molar-refractivity contribution < 1.29 is 9.59 Å². The van der Waals surface area contributed by atoms with Gasteiger partial charge in [-0.1, -0.05) is 51.3 Å². The highest BCUT2D eigenvalue weighted by molar-refractivity contribution is 5.85. The largest absolute Gasteiger partial charge is 0.368 e. The number of amides is 2. The average molecular weight is 438 g/mol. The molecule has 2 heterocycles. The molecule has 2 aromatic rings. The van der Waals surface area contributed by atoms with Crippen LogP contribution in [-0.2, 0) is 22.6 Å². The van der Waals surface area contributed by atoms with Crippen LogP contribution in [0.15, 0.2) is 36.5 Å². The molecule has 0 radical (unpaired) electrons. The van der Waals surface area contributed by atoms with Crippen molar-refractivity contribution in [2.75, 3.05) is 19.6 Å². The highest BCUT2D eigenvalue weighted by Crippen LogP contribution is 2.38. The lowest BCUT2D eigenvalue weighted by Gasteiger charge is -2.52. The molecule has 2 aliphatic rings. The lowest BCUT2D eigenvalue weighted by Crippen LogP contribution is -2.65. The molecule has 4 rings (SSSR count). The molecule has 2 fully saturated rings. The Bertz CT molecular complexity index is 946. The number of primary amides is 1. The summed E-state index contributed by atoms with van der Waals surface area (Å²) in [7, 11) is 0. The first-order valence-electron chi connectivity index (χ1n) is 11.8. The number of benzene rings is 1. The number of hydrogen-bond acceptors (Lipinski definition) is 4. The van der Waals surface area contributed by atoms with Crippen molar-refractivity contribution in [2.45, 2.75) is 64.5 Å². The molecule has 1 aliphatic heterocycles. The van der Waals surface area contributed by atoms with Gasteiger partial charge in [0.1, 0.15) is 0 Å². The summed E-state index contributed by atoms with van der Waals surface area (Å²) >= 11 is 0. The Kier molecular flexibility index (Phi) is 6.65. The molecule has 0 atom stereocenters. The number of rotatable bonds is 7. The Balaban J connectivity index is 1.64. The third-order valence-electron chi connectivity index (χ3n) is 6.83. The molecule has 1 saturated carbocycles. The summed E-state index contributed by atoms with van der Waals surface area (Å²) in [5.74, 6) is 0.0348. The second-order valence-electron chi connectivity index (χ2n) is 9.84. The smallest absolute Gasteiger partial charge is 0.237 e. The number of nitrogens with two attached hydrogens (primary N) is 1. The molecule has 2 N–H and O–H groups in total. The van der Waals surface area contributed by atoms with Crippen molar-refractivity contribution in [3.8, 4) is 5.69 Å². The van der Waals surface area contributed by atoms with Gasteiger partial charge < -0.3 is 10.6 Å². The van der Waals surface area contributed by atoms with E-state index in [1.54, 1.807) is 4.90 Å². The van der Waals surface area contributed by atoms with Gasteiger partial charge in [0.2, 0.25) is 11.8 Å². The zero-order chi connectivity index (χ0) is 22.7. The fraction of sp³-hybridized carbons (Fsp3) is 0.560. The summed E-state index contributed by atoms with van der Waals surface area (Å²) in [6, 6.07) is 10.2. The van der Waals surface area contributed by atoms with Gasteiger partial charge in [0.25, 0.3) is 0 Å². The topological polar surface area (TPSA) is 84.5 Å². The monoisotopic (exact) mass is 437 g/mol. The number of carbonyl (C=O) groups excluding carboxylic acids is 2. The summed E-state index contributed by atoms with van der Waals surface area (Å²) in [5.41, 5.74) is 8.66. The Hall–Kier alpha value is -2.67. The van der Waals surface area contributed by atoms with Crippen LogP contribution in [0.4, 0.5) is 0 Å². The van der Waals surface area contributed by atoms with Gasteiger partial charge in [-0.2, -0.15) is 5.10 Å². The first-order chi connectivity index (χ1) is 15.4. The fourth-order valence-electron chi connectivity index (χ4n) is 5.27. The first-order valence-corrected chi connectivity index (χ1v) is 11.8. The van der Waals surface area contributed by atoms with Crippen LogP contribution in [0.5, 0.6) is 0 Å². The summed E-state index contributed by atoms with van der Waals surface area (Å²) in [6.07, 6.45) is 8.64. The van der Waals surface area contributed by atoms with Crippen LogP contribution in [0.1, 0.15) is 57.2 Å². The molecule has 1 aromatic carbocycles. The minimum absolute atomic E-state index is 0.0129. The zero-order valence-corrected chi connectivity index (χ0v) is 19.3. The number of aromatic nitrogens is 2. The molecule has 2 amide bonds. The van der Waals surface area contributed by atoms with Crippen molar-refractivity contribution in [1.82, 2.24) is 19.6 Å². The Labute approximate surface area is 190 Å². The van der Waals surface area contributed by atoms with E-state index in [9.17, 15) is 9.59 Å². The lowest BCUT2D eigenvalue weighted by molar-refractivity contribution is -0.148. The van der Waals surface area contributed by atoms with Crippen LogP contribution in [0.3, 0.4) is 0 Å². The van der Waals surface area contributed by atoms with Crippen LogP contribution in [0.2, 0.25) is 0 Å². The van der Waals surface area contributed by atoms with E-state index in [0.29, 0.717) is 25.6 Å². The maximum Gasteiger partial charge on any atom is 0.237 e. The first kappa shape index (κ1) is 22.5. The predicted molar refractivity (Wildman–Crippen MR) is 124 cm³/mol. The van der Waals surface area contributed by atoms with E-state index in [1.807, 2.05) is 22.9 Å². The van der Waals surface area contributed by atoms with E-state index >= 15 is 0 Å². The van der Waals surface area contributed by atoms with E-state index in [1.165, 1.54) is 12.0 Å². The minimum Gasteiger partial charge on any atom is -0.368 e. The predicted octanol–water partition coefficient (Wildman–Crippen LogP) is 2.90. The molecule has 1 aromatic heterocycles. The van der Waals surface area contributed by atoms with Crippen LogP contribution >= 0.6 is 0 Å². The van der Waals surface area contributed by atoms with Crippen molar-refractivity contribution >= 4 is 11.8 Å². The molecule has 1 spiro atoms. The summed E-state index contributed by atoms with van der Waals surface area (Å²) in [4.78, 5) is 28.5. The highest BCUT2D eigenvalue weighted by atomic mass is 16.2. The van der Waals surface area contributed by atoms with Gasteiger partial charge in [-0.3, -0.25) is 14.5 Å².